The van der Waals surface area contributed by atoms with E-state index in [1.165, 1.54) is 50.8 Å². The van der Waals surface area contributed by atoms with E-state index in [4.69, 9.17) is 18.9 Å². The summed E-state index contributed by atoms with van der Waals surface area (Å²) in [6, 6.07) is 21.0. The minimum atomic E-state index is -0.609. The molecular weight excluding hydrogens is 479 g/mol. The molecule has 37 heavy (non-hydrogen) atoms. The van der Waals surface area contributed by atoms with Crippen molar-refractivity contribution < 1.29 is 32.9 Å². The number of nitrogens with one attached hydrogen (secondary N) is 1. The van der Waals surface area contributed by atoms with Gasteiger partial charge in [0.1, 0.15) is 17.3 Å². The number of carbonyl (C=O) groups is 2. The van der Waals surface area contributed by atoms with Gasteiger partial charge in [-0.05, 0) is 59.3 Å². The Hall–Kier alpha value is -4.92. The zero-order valence-corrected chi connectivity index (χ0v) is 20.1. The van der Waals surface area contributed by atoms with Gasteiger partial charge in [-0.15, -0.1) is 0 Å². The normalized spacial score (nSPS) is 10.8. The third-order valence-corrected chi connectivity index (χ3v) is 5.32. The average molecular weight is 502 g/mol. The maximum absolute atomic E-state index is 13.0. The highest BCUT2D eigenvalue weighted by atomic mass is 19.1. The first-order valence-electron chi connectivity index (χ1n) is 11.1. The van der Waals surface area contributed by atoms with Gasteiger partial charge in [0.05, 0.1) is 26.0 Å². The van der Waals surface area contributed by atoms with Gasteiger partial charge in [-0.2, -0.15) is 5.10 Å². The Morgan fingerprint density at radius 2 is 1.62 bits per heavy atom. The number of nitrogens with zero attached hydrogens (tertiary/aromatic N) is 1. The van der Waals surface area contributed by atoms with E-state index in [1.807, 2.05) is 30.3 Å². The first kappa shape index (κ1) is 25.2. The number of benzene rings is 4. The van der Waals surface area contributed by atoms with E-state index >= 15 is 0 Å². The number of hydrogen-bond acceptors (Lipinski definition) is 7. The highest BCUT2D eigenvalue weighted by Gasteiger charge is 2.16. The number of amides is 1. The van der Waals surface area contributed by atoms with Crippen molar-refractivity contribution in [2.24, 2.45) is 5.10 Å². The number of fused-ring (bicyclic) bond motifs is 1. The molecule has 8 nitrogen and oxygen atoms in total. The van der Waals surface area contributed by atoms with Crippen LogP contribution in [0.3, 0.4) is 0 Å². The summed E-state index contributed by atoms with van der Waals surface area (Å²) >= 11 is 0. The maximum atomic E-state index is 13.0. The molecule has 0 radical (unpaired) electrons. The highest BCUT2D eigenvalue weighted by molar-refractivity contribution is 6.04. The second kappa shape index (κ2) is 11.7. The summed E-state index contributed by atoms with van der Waals surface area (Å²) in [5.74, 6) is -0.0658. The number of esters is 1. The van der Waals surface area contributed by atoms with Crippen LogP contribution in [0.2, 0.25) is 0 Å². The fourth-order valence-electron chi connectivity index (χ4n) is 3.50. The third kappa shape index (κ3) is 6.21. The van der Waals surface area contributed by atoms with Crippen LogP contribution >= 0.6 is 0 Å². The number of methoxy groups -OCH3 is 2. The molecule has 0 bridgehead atoms. The molecule has 0 saturated carbocycles. The van der Waals surface area contributed by atoms with Crippen LogP contribution in [-0.2, 0) is 4.79 Å². The van der Waals surface area contributed by atoms with Crippen LogP contribution < -0.4 is 24.4 Å². The van der Waals surface area contributed by atoms with E-state index in [1.54, 1.807) is 18.2 Å². The maximum Gasteiger partial charge on any atom is 0.343 e. The number of halogens is 1. The quantitative estimate of drug-likeness (QED) is 0.154. The van der Waals surface area contributed by atoms with Gasteiger partial charge in [-0.3, -0.25) is 4.79 Å². The second-order valence-corrected chi connectivity index (χ2v) is 7.69. The van der Waals surface area contributed by atoms with Crippen LogP contribution in [0, 0.1) is 5.82 Å². The second-order valence-electron chi connectivity index (χ2n) is 7.69. The van der Waals surface area contributed by atoms with Gasteiger partial charge < -0.3 is 18.9 Å². The van der Waals surface area contributed by atoms with E-state index in [0.717, 1.165) is 10.8 Å². The SMILES string of the molecule is COc1ccc(C(=O)Oc2ccc3ccccc3c2/C=N\NC(=O)COc2ccc(F)cc2)cc1OC. The molecule has 1 N–H and O–H groups in total. The Labute approximate surface area is 212 Å². The lowest BCUT2D eigenvalue weighted by Gasteiger charge is -2.12. The van der Waals surface area contributed by atoms with Crippen molar-refractivity contribution in [3.8, 4) is 23.0 Å². The molecule has 188 valence electrons. The van der Waals surface area contributed by atoms with Gasteiger partial charge in [0.2, 0.25) is 0 Å². The van der Waals surface area contributed by atoms with E-state index in [-0.39, 0.29) is 17.9 Å². The fraction of sp³-hybridized carbons (Fsp3) is 0.107. The largest absolute Gasteiger partial charge is 0.493 e. The topological polar surface area (TPSA) is 95.5 Å². The van der Waals surface area contributed by atoms with Crippen LogP contribution in [0.25, 0.3) is 10.8 Å². The molecule has 0 unspecified atom stereocenters. The van der Waals surface area contributed by atoms with Gasteiger partial charge in [-0.1, -0.05) is 30.3 Å². The van der Waals surface area contributed by atoms with Gasteiger partial charge in [0.25, 0.3) is 5.91 Å². The van der Waals surface area contributed by atoms with Gasteiger partial charge >= 0.3 is 5.97 Å². The summed E-state index contributed by atoms with van der Waals surface area (Å²) in [5.41, 5.74) is 3.13. The Morgan fingerprint density at radius 3 is 2.38 bits per heavy atom. The van der Waals surface area contributed by atoms with E-state index in [9.17, 15) is 14.0 Å². The van der Waals surface area contributed by atoms with E-state index < -0.39 is 17.7 Å². The molecular formula is C28H23FN2O6. The molecule has 9 heteroatoms. The molecule has 0 spiro atoms. The molecule has 0 atom stereocenters. The smallest absolute Gasteiger partial charge is 0.343 e. The van der Waals surface area contributed by atoms with Crippen LogP contribution in [0.4, 0.5) is 4.39 Å². The van der Waals surface area contributed by atoms with Crippen molar-refractivity contribution in [3.63, 3.8) is 0 Å². The van der Waals surface area contributed by atoms with E-state index in [0.29, 0.717) is 22.8 Å². The Morgan fingerprint density at radius 1 is 0.892 bits per heavy atom. The first-order valence-corrected chi connectivity index (χ1v) is 11.1. The molecule has 0 heterocycles. The summed E-state index contributed by atoms with van der Waals surface area (Å²) in [7, 11) is 2.98. The predicted molar refractivity (Wildman–Crippen MR) is 136 cm³/mol. The van der Waals surface area contributed by atoms with Gasteiger partial charge in [0, 0.05) is 5.56 Å². The van der Waals surface area contributed by atoms with Crippen molar-refractivity contribution in [3.05, 3.63) is 95.8 Å². The molecule has 4 aromatic carbocycles. The summed E-state index contributed by atoms with van der Waals surface area (Å²) in [6.45, 7) is -0.320. The van der Waals surface area contributed by atoms with Crippen molar-refractivity contribution in [1.29, 1.82) is 0 Å². The zero-order chi connectivity index (χ0) is 26.2. The molecule has 4 rings (SSSR count). The van der Waals surface area contributed by atoms with Crippen molar-refractivity contribution in [2.75, 3.05) is 20.8 Å². The van der Waals surface area contributed by atoms with Crippen LogP contribution in [0.5, 0.6) is 23.0 Å². The Balaban J connectivity index is 1.52. The first-order chi connectivity index (χ1) is 18.0. The third-order valence-electron chi connectivity index (χ3n) is 5.32. The minimum Gasteiger partial charge on any atom is -0.493 e. The van der Waals surface area contributed by atoms with Crippen LogP contribution in [-0.4, -0.2) is 38.9 Å². The van der Waals surface area contributed by atoms with Gasteiger partial charge in [0.15, 0.2) is 18.1 Å². The number of ether oxygens (including phenoxy) is 4. The van der Waals surface area contributed by atoms with Crippen LogP contribution in [0.1, 0.15) is 15.9 Å². The highest BCUT2D eigenvalue weighted by Crippen LogP contribution is 2.30. The molecule has 0 aliphatic heterocycles. The molecule has 1 amide bonds. The van der Waals surface area contributed by atoms with Crippen molar-refractivity contribution >= 4 is 28.9 Å². The average Bonchev–Trinajstić information content (AvgIpc) is 2.93. The minimum absolute atomic E-state index is 0.249. The molecule has 0 aliphatic rings. The lowest BCUT2D eigenvalue weighted by atomic mass is 10.0. The van der Waals surface area contributed by atoms with Gasteiger partial charge in [-0.25, -0.2) is 14.6 Å². The number of hydrogen-bond donors (Lipinski definition) is 1. The molecule has 0 fully saturated rings. The Bertz CT molecular complexity index is 1450. The standard InChI is InChI=1S/C28H23FN2O6/c1-34-25-14-8-19(15-26(25)35-2)28(33)37-24-13-7-18-5-3-4-6-22(18)23(24)16-30-31-27(32)17-36-21-11-9-20(29)10-12-21/h3-16H,17H2,1-2H3,(H,31,32)/b30-16-. The monoisotopic (exact) mass is 502 g/mol. The number of hydrazone groups is 1. The molecule has 0 aromatic heterocycles. The molecule has 4 aromatic rings. The fourth-order valence-corrected chi connectivity index (χ4v) is 3.50. The molecule has 0 aliphatic carbocycles. The summed E-state index contributed by atoms with van der Waals surface area (Å²) in [6.07, 6.45) is 1.40. The Kier molecular flexibility index (Phi) is 7.95. The predicted octanol–water partition coefficient (Wildman–Crippen LogP) is 4.74. The summed E-state index contributed by atoms with van der Waals surface area (Å²) < 4.78 is 34.5. The number of rotatable bonds is 9. The lowest BCUT2D eigenvalue weighted by molar-refractivity contribution is -0.123. The lowest BCUT2D eigenvalue weighted by Crippen LogP contribution is -2.24. The zero-order valence-electron chi connectivity index (χ0n) is 20.1. The number of carbonyl (C=O) groups excluding carboxylic acids is 2. The summed E-state index contributed by atoms with van der Waals surface area (Å²) in [5, 5.41) is 5.67. The summed E-state index contributed by atoms with van der Waals surface area (Å²) in [4.78, 5) is 25.1. The van der Waals surface area contributed by atoms with Crippen molar-refractivity contribution in [2.45, 2.75) is 0 Å². The van der Waals surface area contributed by atoms with E-state index in [2.05, 4.69) is 10.5 Å². The van der Waals surface area contributed by atoms with Crippen molar-refractivity contribution in [1.82, 2.24) is 5.43 Å². The van der Waals surface area contributed by atoms with Crippen LogP contribution in [0.15, 0.2) is 84.0 Å². The molecule has 0 saturated heterocycles.